The van der Waals surface area contributed by atoms with Gasteiger partial charge >= 0.3 is 11.9 Å². The zero-order chi connectivity index (χ0) is 19.4. The van der Waals surface area contributed by atoms with Gasteiger partial charge in [-0.25, -0.2) is 9.59 Å². The van der Waals surface area contributed by atoms with Crippen LogP contribution in [0.15, 0.2) is 0 Å². The number of hydrogen-bond acceptors (Lipinski definition) is 9. The number of hydrogen-bond donors (Lipinski definition) is 7. The van der Waals surface area contributed by atoms with Crippen LogP contribution in [0.3, 0.4) is 0 Å². The molecule has 1 saturated heterocycles. The minimum absolute atomic E-state index is 0.641. The smallest absolute Gasteiger partial charge is 0.364 e. The van der Waals surface area contributed by atoms with E-state index in [1.165, 1.54) is 0 Å². The number of aliphatic hydroxyl groups is 4. The van der Waals surface area contributed by atoms with E-state index in [-0.39, 0.29) is 0 Å². The molecule has 1 rings (SSSR count). The van der Waals surface area contributed by atoms with E-state index in [2.05, 4.69) is 5.32 Å². The summed E-state index contributed by atoms with van der Waals surface area (Å²) in [5.74, 6) is -6.55. The molecule has 1 heterocycles. The van der Waals surface area contributed by atoms with Gasteiger partial charge in [-0.05, 0) is 0 Å². The molecular formula is C13H21NO11. The van der Waals surface area contributed by atoms with Gasteiger partial charge in [0.25, 0.3) is 5.79 Å². The zero-order valence-corrected chi connectivity index (χ0v) is 13.2. The van der Waals surface area contributed by atoms with Gasteiger partial charge in [-0.2, -0.15) is 0 Å². The first kappa shape index (κ1) is 21.2. The summed E-state index contributed by atoms with van der Waals surface area (Å²) < 4.78 is 9.94. The first-order chi connectivity index (χ1) is 11.5. The van der Waals surface area contributed by atoms with Gasteiger partial charge in [0.15, 0.2) is 0 Å². The maximum atomic E-state index is 11.5. The maximum Gasteiger partial charge on any atom is 0.364 e. The van der Waals surface area contributed by atoms with Crippen LogP contribution in [-0.2, 0) is 23.9 Å². The van der Waals surface area contributed by atoms with E-state index in [0.717, 1.165) is 6.92 Å². The second-order valence-electron chi connectivity index (χ2n) is 5.56. The Balaban J connectivity index is 3.20. The largest absolute Gasteiger partial charge is 0.480 e. The minimum atomic E-state index is -2.63. The van der Waals surface area contributed by atoms with Crippen molar-refractivity contribution in [2.24, 2.45) is 0 Å². The summed E-state index contributed by atoms with van der Waals surface area (Å²) in [7, 11) is 0. The number of amides is 1. The Kier molecular flexibility index (Phi) is 7.22. The van der Waals surface area contributed by atoms with Gasteiger partial charge in [0.2, 0.25) is 5.91 Å². The topological polar surface area (TPSA) is 203 Å². The van der Waals surface area contributed by atoms with Crippen LogP contribution in [0.5, 0.6) is 0 Å². The number of rotatable bonds is 8. The van der Waals surface area contributed by atoms with Crippen LogP contribution < -0.4 is 5.32 Å². The van der Waals surface area contributed by atoms with Crippen LogP contribution in [0, 0.1) is 0 Å². The van der Waals surface area contributed by atoms with E-state index in [4.69, 9.17) is 19.7 Å². The number of ether oxygens (including phenoxy) is 2. The molecule has 6 atom stereocenters. The summed E-state index contributed by atoms with van der Waals surface area (Å²) in [6.07, 6.45) is -7.77. The van der Waals surface area contributed by atoms with Crippen LogP contribution in [-0.4, -0.2) is 97.9 Å². The Morgan fingerprint density at radius 3 is 2.36 bits per heavy atom. The number of carbonyl (C=O) groups is 3. The fourth-order valence-electron chi connectivity index (χ4n) is 2.46. The van der Waals surface area contributed by atoms with Gasteiger partial charge in [0.1, 0.15) is 24.9 Å². The number of aliphatic hydroxyl groups excluding tert-OH is 4. The quantitative estimate of drug-likeness (QED) is 0.222. The molecule has 0 aromatic heterocycles. The lowest BCUT2D eigenvalue weighted by molar-refractivity contribution is -0.310. The first-order valence-electron chi connectivity index (χ1n) is 7.23. The molecule has 144 valence electrons. The van der Waals surface area contributed by atoms with Gasteiger partial charge in [-0.15, -0.1) is 0 Å². The van der Waals surface area contributed by atoms with E-state index in [1.54, 1.807) is 0 Å². The lowest BCUT2D eigenvalue weighted by Crippen LogP contribution is -2.68. The lowest BCUT2D eigenvalue weighted by Gasteiger charge is -2.46. The Morgan fingerprint density at radius 2 is 1.92 bits per heavy atom. The second kappa shape index (κ2) is 8.51. The normalized spacial score (nSPS) is 31.8. The lowest BCUT2D eigenvalue weighted by atomic mass is 9.88. The molecule has 0 bridgehead atoms. The van der Waals surface area contributed by atoms with Gasteiger partial charge in [0.05, 0.1) is 18.8 Å². The molecule has 1 aliphatic rings. The van der Waals surface area contributed by atoms with Crippen molar-refractivity contribution >= 4 is 17.8 Å². The third kappa shape index (κ3) is 5.07. The van der Waals surface area contributed by atoms with Crippen molar-refractivity contribution in [3.05, 3.63) is 0 Å². The standard InChI is InChI=1S/C13H21NO11/c1-5(16)14-9-6(17)2-13(12(22)23,24-4-8(19)20)25-11(9)10(21)7(18)3-15/h6-7,9-11,15,17-18,21H,2-4H2,1H3,(H,14,16)(H,19,20)(H,22,23)/t6-,7+,9+,10+,11+,13+/m0/s1. The number of carboxylic acid groups (broad SMARTS) is 2. The predicted octanol–water partition coefficient (Wildman–Crippen LogP) is -3.76. The Morgan fingerprint density at radius 1 is 1.32 bits per heavy atom. The summed E-state index contributed by atoms with van der Waals surface area (Å²) in [4.78, 5) is 33.5. The van der Waals surface area contributed by atoms with Crippen LogP contribution in [0.25, 0.3) is 0 Å². The molecule has 12 heteroatoms. The van der Waals surface area contributed by atoms with Crippen molar-refractivity contribution < 1.29 is 54.5 Å². The molecular weight excluding hydrogens is 346 g/mol. The molecule has 12 nitrogen and oxygen atoms in total. The average Bonchev–Trinajstić information content (AvgIpc) is 2.52. The highest BCUT2D eigenvalue weighted by Gasteiger charge is 2.55. The van der Waals surface area contributed by atoms with Gasteiger partial charge in [-0.1, -0.05) is 0 Å². The predicted molar refractivity (Wildman–Crippen MR) is 76.2 cm³/mol. The van der Waals surface area contributed by atoms with Crippen molar-refractivity contribution in [2.75, 3.05) is 13.2 Å². The molecule has 0 saturated carbocycles. The van der Waals surface area contributed by atoms with E-state index in [0.29, 0.717) is 0 Å². The highest BCUT2D eigenvalue weighted by Crippen LogP contribution is 2.33. The maximum absolute atomic E-state index is 11.5. The highest BCUT2D eigenvalue weighted by atomic mass is 16.7. The molecule has 1 fully saturated rings. The third-order valence-corrected chi connectivity index (χ3v) is 3.62. The summed E-state index contributed by atoms with van der Waals surface area (Å²) >= 11 is 0. The van der Waals surface area contributed by atoms with Crippen molar-refractivity contribution in [2.45, 2.75) is 49.6 Å². The molecule has 0 aliphatic carbocycles. The van der Waals surface area contributed by atoms with Crippen molar-refractivity contribution in [1.29, 1.82) is 0 Å². The molecule has 0 aromatic rings. The van der Waals surface area contributed by atoms with Crippen molar-refractivity contribution in [3.63, 3.8) is 0 Å². The zero-order valence-electron chi connectivity index (χ0n) is 13.2. The minimum Gasteiger partial charge on any atom is -0.480 e. The highest BCUT2D eigenvalue weighted by molar-refractivity contribution is 5.77. The van der Waals surface area contributed by atoms with Crippen molar-refractivity contribution in [3.8, 4) is 0 Å². The van der Waals surface area contributed by atoms with Gasteiger partial charge in [-0.3, -0.25) is 4.79 Å². The fraction of sp³-hybridized carbons (Fsp3) is 0.769. The molecule has 0 radical (unpaired) electrons. The molecule has 0 aromatic carbocycles. The number of carboxylic acids is 2. The summed E-state index contributed by atoms with van der Waals surface area (Å²) in [6.45, 7) is -0.895. The SMILES string of the molecule is CC(=O)N[C@H]1[C@H]([C@H](O)[C@H](O)CO)O[C@@](OCC(=O)O)(C(=O)O)C[C@@H]1O. The van der Waals surface area contributed by atoms with E-state index in [1.807, 2.05) is 0 Å². The summed E-state index contributed by atoms with van der Waals surface area (Å²) in [5, 5.41) is 59.1. The van der Waals surface area contributed by atoms with E-state index < -0.39 is 73.7 Å². The average molecular weight is 367 g/mol. The molecule has 0 spiro atoms. The summed E-state index contributed by atoms with van der Waals surface area (Å²) in [6, 6.07) is -1.34. The molecule has 25 heavy (non-hydrogen) atoms. The Bertz CT molecular complexity index is 512. The van der Waals surface area contributed by atoms with E-state index >= 15 is 0 Å². The number of carbonyl (C=O) groups excluding carboxylic acids is 1. The molecule has 0 unspecified atom stereocenters. The van der Waals surface area contributed by atoms with Crippen LogP contribution in [0.4, 0.5) is 0 Å². The number of nitrogens with one attached hydrogen (secondary N) is 1. The molecule has 1 aliphatic heterocycles. The molecule has 7 N–H and O–H groups in total. The first-order valence-corrected chi connectivity index (χ1v) is 7.23. The van der Waals surface area contributed by atoms with Crippen LogP contribution in [0.1, 0.15) is 13.3 Å². The summed E-state index contributed by atoms with van der Waals surface area (Å²) in [5.41, 5.74) is 0. The fourth-order valence-corrected chi connectivity index (χ4v) is 2.46. The number of aliphatic carboxylic acids is 2. The van der Waals surface area contributed by atoms with E-state index in [9.17, 15) is 34.8 Å². The third-order valence-electron chi connectivity index (χ3n) is 3.62. The van der Waals surface area contributed by atoms with Crippen molar-refractivity contribution in [1.82, 2.24) is 5.32 Å². The Labute approximate surface area is 141 Å². The van der Waals surface area contributed by atoms with Gasteiger partial charge < -0.3 is 45.4 Å². The van der Waals surface area contributed by atoms with Crippen LogP contribution in [0.2, 0.25) is 0 Å². The van der Waals surface area contributed by atoms with Gasteiger partial charge in [0, 0.05) is 13.3 Å². The molecule has 1 amide bonds. The Hall–Kier alpha value is -1.83. The van der Waals surface area contributed by atoms with Crippen LogP contribution >= 0.6 is 0 Å². The monoisotopic (exact) mass is 367 g/mol. The second-order valence-corrected chi connectivity index (χ2v) is 5.56.